The first-order valence-electron chi connectivity index (χ1n) is 4.02. The zero-order chi connectivity index (χ0) is 10.1. The lowest BCUT2D eigenvalue weighted by Crippen LogP contribution is -2.24. The Kier molecular flexibility index (Phi) is 7.14. The van der Waals surface area contributed by atoms with E-state index in [4.69, 9.17) is 9.47 Å². The topological polar surface area (TPSA) is 64.6 Å². The maximum absolute atomic E-state index is 10.6. The number of hydrogen-bond acceptors (Lipinski definition) is 4. The van der Waals surface area contributed by atoms with Gasteiger partial charge in [0, 0.05) is 7.05 Å². The molecule has 0 saturated heterocycles. The van der Waals surface area contributed by atoms with Crippen LogP contribution in [0.2, 0.25) is 0 Å². The summed E-state index contributed by atoms with van der Waals surface area (Å²) in [6.45, 7) is 2.23. The Morgan fingerprint density at radius 1 is 1.15 bits per heavy atom. The molecule has 0 atom stereocenters. The van der Waals surface area contributed by atoms with Crippen LogP contribution >= 0.6 is 0 Å². The van der Waals surface area contributed by atoms with E-state index in [-0.39, 0.29) is 24.9 Å². The van der Waals surface area contributed by atoms with Crippen LogP contribution in [0.5, 0.6) is 0 Å². The summed E-state index contributed by atoms with van der Waals surface area (Å²) in [4.78, 5) is 21.0. The fourth-order valence-corrected chi connectivity index (χ4v) is 0.571. The van der Waals surface area contributed by atoms with Crippen LogP contribution in [0.4, 0.5) is 0 Å². The monoisotopic (exact) mass is 189 g/mol. The van der Waals surface area contributed by atoms with E-state index >= 15 is 0 Å². The fourth-order valence-electron chi connectivity index (χ4n) is 0.571. The van der Waals surface area contributed by atoms with Gasteiger partial charge in [-0.05, 0) is 6.92 Å². The smallest absolute Gasteiger partial charge is 0.245 e. The highest BCUT2D eigenvalue weighted by Gasteiger charge is 1.97. The summed E-state index contributed by atoms with van der Waals surface area (Å²) in [5.41, 5.74) is 0. The summed E-state index contributed by atoms with van der Waals surface area (Å²) in [6.07, 6.45) is 0. The van der Waals surface area contributed by atoms with Gasteiger partial charge in [-0.15, -0.1) is 0 Å². The average molecular weight is 189 g/mol. The Morgan fingerprint density at radius 2 is 1.69 bits per heavy atom. The Morgan fingerprint density at radius 3 is 2.15 bits per heavy atom. The van der Waals surface area contributed by atoms with Gasteiger partial charge in [0.15, 0.2) is 5.78 Å². The highest BCUT2D eigenvalue weighted by Crippen LogP contribution is 1.79. The number of hydrogen-bond donors (Lipinski definition) is 1. The first-order valence-corrected chi connectivity index (χ1v) is 4.02. The molecule has 76 valence electrons. The summed E-state index contributed by atoms with van der Waals surface area (Å²) in [5.74, 6) is -0.196. The highest BCUT2D eigenvalue weighted by atomic mass is 16.5. The third-order valence-electron chi connectivity index (χ3n) is 1.19. The molecular weight excluding hydrogens is 174 g/mol. The molecule has 0 rings (SSSR count). The summed E-state index contributed by atoms with van der Waals surface area (Å²) in [5, 5.41) is 2.42. The van der Waals surface area contributed by atoms with E-state index in [1.165, 1.54) is 14.0 Å². The average Bonchev–Trinajstić information content (AvgIpc) is 2.10. The number of ketones is 1. The Labute approximate surface area is 77.4 Å². The molecule has 0 bridgehead atoms. The second-order valence-electron chi connectivity index (χ2n) is 2.48. The number of carbonyl (C=O) groups excluding carboxylic acids is 2. The minimum Gasteiger partial charge on any atom is -0.371 e. The molecule has 0 fully saturated rings. The van der Waals surface area contributed by atoms with E-state index in [0.717, 1.165) is 0 Å². The molecule has 5 heteroatoms. The lowest BCUT2D eigenvalue weighted by Gasteiger charge is -2.03. The van der Waals surface area contributed by atoms with Gasteiger partial charge in [-0.1, -0.05) is 0 Å². The number of rotatable bonds is 7. The van der Waals surface area contributed by atoms with Crippen LogP contribution in [0.3, 0.4) is 0 Å². The molecule has 0 aromatic rings. The third kappa shape index (κ3) is 8.97. The molecule has 13 heavy (non-hydrogen) atoms. The molecule has 0 aliphatic heterocycles. The van der Waals surface area contributed by atoms with E-state index in [2.05, 4.69) is 5.32 Å². The summed E-state index contributed by atoms with van der Waals surface area (Å²) in [6, 6.07) is 0. The highest BCUT2D eigenvalue weighted by molar-refractivity contribution is 5.77. The molecule has 0 radical (unpaired) electrons. The largest absolute Gasteiger partial charge is 0.371 e. The maximum atomic E-state index is 10.6. The third-order valence-corrected chi connectivity index (χ3v) is 1.19. The normalized spacial score (nSPS) is 9.69. The number of likely N-dealkylation sites (N-methyl/N-ethyl adjacent to an activating group) is 1. The van der Waals surface area contributed by atoms with Gasteiger partial charge >= 0.3 is 0 Å². The van der Waals surface area contributed by atoms with Crippen molar-refractivity contribution in [3.05, 3.63) is 0 Å². The molecule has 0 heterocycles. The van der Waals surface area contributed by atoms with Crippen LogP contribution in [-0.2, 0) is 19.1 Å². The number of ether oxygens (including phenoxy) is 2. The zero-order valence-electron chi connectivity index (χ0n) is 7.96. The number of Topliss-reactive ketones (excluding diaryl/α,β-unsaturated/α-hetero) is 1. The first kappa shape index (κ1) is 12.1. The van der Waals surface area contributed by atoms with Crippen molar-refractivity contribution in [2.45, 2.75) is 6.92 Å². The van der Waals surface area contributed by atoms with Crippen molar-refractivity contribution in [3.63, 3.8) is 0 Å². The maximum Gasteiger partial charge on any atom is 0.245 e. The van der Waals surface area contributed by atoms with Crippen molar-refractivity contribution in [1.29, 1.82) is 0 Å². The lowest BCUT2D eigenvalue weighted by molar-refractivity contribution is -0.127. The lowest BCUT2D eigenvalue weighted by atomic mass is 10.5. The van der Waals surface area contributed by atoms with E-state index in [1.54, 1.807) is 0 Å². The molecule has 0 spiro atoms. The van der Waals surface area contributed by atoms with Crippen LogP contribution < -0.4 is 5.32 Å². The van der Waals surface area contributed by atoms with E-state index in [9.17, 15) is 9.59 Å². The SMILES string of the molecule is CNC(=O)COCCOCC(C)=O. The van der Waals surface area contributed by atoms with Crippen LogP contribution in [-0.4, -0.2) is 45.2 Å². The van der Waals surface area contributed by atoms with Gasteiger partial charge in [-0.25, -0.2) is 0 Å². The van der Waals surface area contributed by atoms with Crippen LogP contribution in [0.25, 0.3) is 0 Å². The van der Waals surface area contributed by atoms with E-state index in [0.29, 0.717) is 13.2 Å². The summed E-state index contributed by atoms with van der Waals surface area (Å²) in [7, 11) is 1.54. The molecule has 0 saturated carbocycles. The van der Waals surface area contributed by atoms with Crippen LogP contribution in [0, 0.1) is 0 Å². The molecule has 0 aromatic carbocycles. The van der Waals surface area contributed by atoms with E-state index < -0.39 is 0 Å². The van der Waals surface area contributed by atoms with Gasteiger partial charge in [-0.3, -0.25) is 9.59 Å². The van der Waals surface area contributed by atoms with Gasteiger partial charge < -0.3 is 14.8 Å². The van der Waals surface area contributed by atoms with Crippen molar-refractivity contribution >= 4 is 11.7 Å². The van der Waals surface area contributed by atoms with Crippen molar-refractivity contribution in [1.82, 2.24) is 5.32 Å². The minimum atomic E-state index is -0.174. The molecule has 1 amide bonds. The standard InChI is InChI=1S/C8H15NO4/c1-7(10)5-12-3-4-13-6-8(11)9-2/h3-6H2,1-2H3,(H,9,11). The van der Waals surface area contributed by atoms with Gasteiger partial charge in [0.1, 0.15) is 13.2 Å². The Bertz CT molecular complexity index is 170. The van der Waals surface area contributed by atoms with Gasteiger partial charge in [0.05, 0.1) is 13.2 Å². The number of carbonyl (C=O) groups is 2. The van der Waals surface area contributed by atoms with Crippen molar-refractivity contribution in [3.8, 4) is 0 Å². The second kappa shape index (κ2) is 7.70. The van der Waals surface area contributed by atoms with Crippen LogP contribution in [0.1, 0.15) is 6.92 Å². The zero-order valence-corrected chi connectivity index (χ0v) is 7.96. The Hall–Kier alpha value is -0.940. The Balaban J connectivity index is 3.08. The van der Waals surface area contributed by atoms with Crippen molar-refractivity contribution in [2.75, 3.05) is 33.5 Å². The molecule has 0 unspecified atom stereocenters. The quantitative estimate of drug-likeness (QED) is 0.541. The summed E-state index contributed by atoms with van der Waals surface area (Å²) < 4.78 is 9.82. The predicted octanol–water partition coefficient (Wildman–Crippen LogP) is -0.645. The van der Waals surface area contributed by atoms with Crippen molar-refractivity contribution in [2.24, 2.45) is 0 Å². The van der Waals surface area contributed by atoms with Crippen LogP contribution in [0.15, 0.2) is 0 Å². The van der Waals surface area contributed by atoms with Gasteiger partial charge in [-0.2, -0.15) is 0 Å². The summed E-state index contributed by atoms with van der Waals surface area (Å²) >= 11 is 0. The predicted molar refractivity (Wildman–Crippen MR) is 46.4 cm³/mol. The molecule has 0 aliphatic carbocycles. The van der Waals surface area contributed by atoms with Gasteiger partial charge in [0.25, 0.3) is 0 Å². The minimum absolute atomic E-state index is 0.0219. The van der Waals surface area contributed by atoms with Gasteiger partial charge in [0.2, 0.25) is 5.91 Å². The fraction of sp³-hybridized carbons (Fsp3) is 0.750. The number of nitrogens with one attached hydrogen (secondary N) is 1. The molecule has 5 nitrogen and oxygen atoms in total. The molecule has 0 aliphatic rings. The number of amides is 1. The van der Waals surface area contributed by atoms with E-state index in [1.807, 2.05) is 0 Å². The first-order chi connectivity index (χ1) is 6.16. The second-order valence-corrected chi connectivity index (χ2v) is 2.48. The molecular formula is C8H15NO4. The van der Waals surface area contributed by atoms with Crippen molar-refractivity contribution < 1.29 is 19.1 Å². The molecule has 1 N–H and O–H groups in total. The molecule has 0 aromatic heterocycles.